The number of ether oxygens (including phenoxy) is 1. The van der Waals surface area contributed by atoms with Gasteiger partial charge in [0.05, 0.1) is 29.6 Å². The lowest BCUT2D eigenvalue weighted by Crippen LogP contribution is -2.54. The summed E-state index contributed by atoms with van der Waals surface area (Å²) < 4.78 is 7.77. The number of fused-ring (bicyclic) bond motifs is 3. The van der Waals surface area contributed by atoms with Crippen molar-refractivity contribution >= 4 is 52.5 Å². The molecule has 6 amide bonds. The van der Waals surface area contributed by atoms with Crippen LogP contribution in [0.25, 0.3) is 5.65 Å². The maximum Gasteiger partial charge on any atom is 0.262 e. The van der Waals surface area contributed by atoms with Gasteiger partial charge in [-0.15, -0.1) is 0 Å². The molecule has 4 aromatic rings. The number of carbonyl (C=O) groups is 6. The molecule has 3 saturated heterocycles. The molecule has 6 aliphatic rings. The first kappa shape index (κ1) is 37.1. The van der Waals surface area contributed by atoms with E-state index in [2.05, 4.69) is 30.5 Å². The number of rotatable bonds is 10. The van der Waals surface area contributed by atoms with E-state index in [0.717, 1.165) is 87.4 Å². The fourth-order valence-electron chi connectivity index (χ4n) is 9.35. The first-order valence-corrected chi connectivity index (χ1v) is 20.7. The van der Waals surface area contributed by atoms with Crippen LogP contribution in [0.5, 0.6) is 5.75 Å². The molecule has 5 aliphatic heterocycles. The Labute approximate surface area is 339 Å². The Morgan fingerprint density at radius 1 is 0.847 bits per heavy atom. The Bertz CT molecular complexity index is 2410. The summed E-state index contributed by atoms with van der Waals surface area (Å²) in [6.07, 6.45) is 11.1. The Morgan fingerprint density at radius 3 is 2.42 bits per heavy atom. The topological polar surface area (TPSA) is 179 Å². The number of amides is 6. The van der Waals surface area contributed by atoms with E-state index in [9.17, 15) is 28.8 Å². The number of aromatic nitrogens is 3. The molecule has 2 aromatic heterocycles. The van der Waals surface area contributed by atoms with Crippen LogP contribution in [0.3, 0.4) is 0 Å². The summed E-state index contributed by atoms with van der Waals surface area (Å²) in [6, 6.07) is 9.91. The highest BCUT2D eigenvalue weighted by Gasteiger charge is 2.45. The highest BCUT2D eigenvalue weighted by atomic mass is 16.5. The second-order valence-corrected chi connectivity index (χ2v) is 16.7. The number of likely N-dealkylation sites (tertiary alicyclic amines) is 1. The number of anilines is 2. The van der Waals surface area contributed by atoms with E-state index >= 15 is 0 Å². The van der Waals surface area contributed by atoms with Gasteiger partial charge in [0.2, 0.25) is 11.8 Å². The monoisotopic (exact) mass is 799 g/mol. The van der Waals surface area contributed by atoms with Crippen LogP contribution in [0.15, 0.2) is 55.0 Å². The third kappa shape index (κ3) is 6.98. The lowest BCUT2D eigenvalue weighted by atomic mass is 9.94. The fourth-order valence-corrected chi connectivity index (χ4v) is 9.35. The molecule has 16 heteroatoms. The van der Waals surface area contributed by atoms with Gasteiger partial charge in [-0.3, -0.25) is 39.0 Å². The summed E-state index contributed by atoms with van der Waals surface area (Å²) in [5.74, 6) is -0.825. The predicted octanol–water partition coefficient (Wildman–Crippen LogP) is 3.51. The van der Waals surface area contributed by atoms with Crippen LogP contribution < -0.4 is 20.3 Å². The zero-order valence-electron chi connectivity index (χ0n) is 32.6. The lowest BCUT2D eigenvalue weighted by Gasteiger charge is -2.40. The Morgan fingerprint density at radius 2 is 1.64 bits per heavy atom. The number of benzene rings is 2. The molecular formula is C43H45N9O7. The van der Waals surface area contributed by atoms with Crippen molar-refractivity contribution < 1.29 is 33.5 Å². The highest BCUT2D eigenvalue weighted by Crippen LogP contribution is 2.39. The van der Waals surface area contributed by atoms with Gasteiger partial charge in [0.15, 0.2) is 5.65 Å². The van der Waals surface area contributed by atoms with Crippen molar-refractivity contribution in [2.24, 2.45) is 11.8 Å². The first-order valence-electron chi connectivity index (χ1n) is 20.7. The van der Waals surface area contributed by atoms with Crippen molar-refractivity contribution in [1.82, 2.24) is 34.6 Å². The Kier molecular flexibility index (Phi) is 9.38. The van der Waals surface area contributed by atoms with Crippen molar-refractivity contribution in [3.05, 3.63) is 82.8 Å². The molecule has 1 unspecified atom stereocenters. The second kappa shape index (κ2) is 14.9. The zero-order valence-corrected chi connectivity index (χ0v) is 32.6. The van der Waals surface area contributed by atoms with Gasteiger partial charge in [0.1, 0.15) is 17.4 Å². The minimum Gasteiger partial charge on any atom is -0.491 e. The molecule has 1 atom stereocenters. The van der Waals surface area contributed by atoms with Gasteiger partial charge in [-0.25, -0.2) is 9.50 Å². The summed E-state index contributed by atoms with van der Waals surface area (Å²) in [6.45, 7) is 5.47. The van der Waals surface area contributed by atoms with Gasteiger partial charge < -0.3 is 24.8 Å². The van der Waals surface area contributed by atoms with Crippen LogP contribution in [0.1, 0.15) is 98.4 Å². The molecule has 0 radical (unpaired) electrons. The lowest BCUT2D eigenvalue weighted by molar-refractivity contribution is -0.136. The molecule has 1 aliphatic carbocycles. The van der Waals surface area contributed by atoms with E-state index in [-0.39, 0.29) is 36.3 Å². The number of hydrogen-bond donors (Lipinski definition) is 2. The summed E-state index contributed by atoms with van der Waals surface area (Å²) >= 11 is 0. The maximum atomic E-state index is 13.9. The molecule has 59 heavy (non-hydrogen) atoms. The fraction of sp³-hybridized carbons (Fsp3) is 0.442. The zero-order chi connectivity index (χ0) is 40.4. The minimum atomic E-state index is -0.982. The van der Waals surface area contributed by atoms with Gasteiger partial charge in [0, 0.05) is 75.4 Å². The smallest absolute Gasteiger partial charge is 0.262 e. The molecule has 1 saturated carbocycles. The van der Waals surface area contributed by atoms with Gasteiger partial charge in [-0.1, -0.05) is 0 Å². The number of nitrogens with zero attached hydrogens (tertiary/aromatic N) is 7. The van der Waals surface area contributed by atoms with Crippen molar-refractivity contribution in [2.75, 3.05) is 49.5 Å². The van der Waals surface area contributed by atoms with Crippen LogP contribution in [-0.2, 0) is 16.1 Å². The van der Waals surface area contributed by atoms with E-state index < -0.39 is 29.7 Å². The van der Waals surface area contributed by atoms with Crippen LogP contribution in [0.4, 0.5) is 11.4 Å². The number of piperidine rings is 3. The molecule has 4 fully saturated rings. The molecule has 16 nitrogen and oxygen atoms in total. The van der Waals surface area contributed by atoms with Crippen LogP contribution in [0.2, 0.25) is 0 Å². The van der Waals surface area contributed by atoms with E-state index in [1.165, 1.54) is 6.20 Å². The molecule has 2 aromatic carbocycles. The van der Waals surface area contributed by atoms with Crippen molar-refractivity contribution in [3.8, 4) is 5.75 Å². The average molecular weight is 800 g/mol. The molecular weight excluding hydrogens is 755 g/mol. The van der Waals surface area contributed by atoms with Crippen LogP contribution in [-0.4, -0.2) is 116 Å². The Hall–Kier alpha value is -6.16. The van der Waals surface area contributed by atoms with E-state index in [0.29, 0.717) is 58.8 Å². The quantitative estimate of drug-likeness (QED) is 0.225. The predicted molar refractivity (Wildman–Crippen MR) is 213 cm³/mol. The van der Waals surface area contributed by atoms with Gasteiger partial charge >= 0.3 is 0 Å². The van der Waals surface area contributed by atoms with Crippen molar-refractivity contribution in [3.63, 3.8) is 0 Å². The van der Waals surface area contributed by atoms with E-state index in [1.807, 2.05) is 23.1 Å². The largest absolute Gasteiger partial charge is 0.491 e. The van der Waals surface area contributed by atoms with Crippen molar-refractivity contribution in [2.45, 2.75) is 70.0 Å². The SMILES string of the molecule is O=C1CCC(N2C(=O)c3ccc(N4CCC(CN5CCC(N6Cc7cc(NC(=O)c8cnn9cccnc89)c(OCC8CC8)cc7C6=O)CC5)CC4)cc3C2=O)C(=O)N1. The molecule has 10 rings (SSSR count). The summed E-state index contributed by atoms with van der Waals surface area (Å²) in [4.78, 5) is 90.1. The number of carbonyl (C=O) groups excluding carboxylic acids is 6. The summed E-state index contributed by atoms with van der Waals surface area (Å²) in [7, 11) is 0. The Balaban J connectivity index is 0.736. The third-order valence-corrected chi connectivity index (χ3v) is 12.9. The first-order chi connectivity index (χ1) is 28.7. The third-order valence-electron chi connectivity index (χ3n) is 12.9. The van der Waals surface area contributed by atoms with Gasteiger partial charge in [-0.05, 0) is 98.7 Å². The van der Waals surface area contributed by atoms with Gasteiger partial charge in [-0.2, -0.15) is 5.10 Å². The number of nitrogens with one attached hydrogen (secondary N) is 2. The molecule has 0 spiro atoms. The van der Waals surface area contributed by atoms with Gasteiger partial charge in [0.25, 0.3) is 23.6 Å². The van der Waals surface area contributed by atoms with Crippen molar-refractivity contribution in [1.29, 1.82) is 0 Å². The standard InChI is InChI=1S/C43H45N9O7/c53-37-7-6-35(40(55)47-37)52-42(57)30-5-4-29(19-32(30)43(52)58)49-16-8-25(9-17-49)22-48-14-10-28(11-15-48)50-23-27-18-34(36(20-31(27)41(50)56)59-24-26-2-3-26)46-39(54)33-21-45-51-13-1-12-44-38(33)51/h1,4-5,12-13,18-21,25-26,28,35H,2-3,6-11,14-17,22-24H2,(H,46,54)(H,47,53,55). The number of hydrogen-bond acceptors (Lipinski definition) is 11. The molecule has 7 heterocycles. The van der Waals surface area contributed by atoms with Crippen LogP contribution in [0, 0.1) is 11.8 Å². The molecule has 304 valence electrons. The average Bonchev–Trinajstić information content (AvgIpc) is 3.81. The van der Waals surface area contributed by atoms with Crippen LogP contribution >= 0.6 is 0 Å². The number of imide groups is 2. The summed E-state index contributed by atoms with van der Waals surface area (Å²) in [5.41, 5.74) is 4.33. The van der Waals surface area contributed by atoms with E-state index in [4.69, 9.17) is 4.74 Å². The second-order valence-electron chi connectivity index (χ2n) is 16.7. The van der Waals surface area contributed by atoms with E-state index in [1.54, 1.807) is 35.1 Å². The summed E-state index contributed by atoms with van der Waals surface area (Å²) in [5, 5.41) is 9.53. The normalized spacial score (nSPS) is 21.7. The molecule has 2 N–H and O–H groups in total. The molecule has 0 bridgehead atoms. The maximum absolute atomic E-state index is 13.9. The minimum absolute atomic E-state index is 0.00750. The highest BCUT2D eigenvalue weighted by molar-refractivity contribution is 6.23.